The Bertz CT molecular complexity index is 506. The highest BCUT2D eigenvalue weighted by Gasteiger charge is 2.57. The van der Waals surface area contributed by atoms with E-state index in [1.807, 2.05) is 30.3 Å². The molecule has 2 atom stereocenters. The number of carbonyl (C=O) groups excluding carboxylic acids is 1. The van der Waals surface area contributed by atoms with Gasteiger partial charge < -0.3 is 9.84 Å². The first-order chi connectivity index (χ1) is 9.29. The molecule has 1 aliphatic heterocycles. The van der Waals surface area contributed by atoms with Gasteiger partial charge >= 0.3 is 12.1 Å². The highest BCUT2D eigenvalue weighted by molar-refractivity contribution is 5.87. The van der Waals surface area contributed by atoms with Gasteiger partial charge in [0.15, 0.2) is 6.04 Å². The molecule has 1 aliphatic rings. The molecule has 0 radical (unpaired) electrons. The van der Waals surface area contributed by atoms with Crippen molar-refractivity contribution in [1.29, 1.82) is 0 Å². The van der Waals surface area contributed by atoms with Crippen molar-refractivity contribution in [3.8, 4) is 0 Å². The molecule has 2 rings (SSSR count). The molecule has 1 aromatic rings. The van der Waals surface area contributed by atoms with E-state index >= 15 is 0 Å². The highest BCUT2D eigenvalue weighted by Crippen LogP contribution is 2.33. The average molecular weight is 277 g/mol. The van der Waals surface area contributed by atoms with E-state index in [9.17, 15) is 9.59 Å². The quantitative estimate of drug-likeness (QED) is 0.861. The maximum absolute atomic E-state index is 12.0. The van der Waals surface area contributed by atoms with Crippen molar-refractivity contribution in [2.24, 2.45) is 0 Å². The Kier molecular flexibility index (Phi) is 3.70. The second-order valence-electron chi connectivity index (χ2n) is 5.93. The topological polar surface area (TPSA) is 66.6 Å². The number of hydrogen-bond donors (Lipinski definition) is 1. The number of amides is 1. The number of rotatable bonds is 3. The van der Waals surface area contributed by atoms with Gasteiger partial charge in [-0.25, -0.2) is 9.59 Å². The van der Waals surface area contributed by atoms with E-state index in [0.717, 1.165) is 5.56 Å². The smallest absolute Gasteiger partial charge is 0.411 e. The van der Waals surface area contributed by atoms with Gasteiger partial charge in [-0.15, -0.1) is 0 Å². The number of aliphatic carboxylic acids is 1. The molecule has 108 valence electrons. The molecule has 20 heavy (non-hydrogen) atoms. The number of carboxylic acids is 1. The second kappa shape index (κ2) is 5.15. The molecule has 0 bridgehead atoms. The Labute approximate surface area is 118 Å². The third-order valence-electron chi connectivity index (χ3n) is 3.08. The van der Waals surface area contributed by atoms with Crippen LogP contribution in [0.3, 0.4) is 0 Å². The summed E-state index contributed by atoms with van der Waals surface area (Å²) in [5.74, 6) is -0.989. The molecule has 0 aromatic heterocycles. The number of nitrogens with zero attached hydrogens (tertiary/aromatic N) is 1. The van der Waals surface area contributed by atoms with Crippen molar-refractivity contribution in [2.45, 2.75) is 44.9 Å². The Morgan fingerprint density at radius 3 is 2.35 bits per heavy atom. The summed E-state index contributed by atoms with van der Waals surface area (Å²) in [6, 6.07) is 8.41. The maximum Gasteiger partial charge on any atom is 0.411 e. The largest absolute Gasteiger partial charge is 0.480 e. The van der Waals surface area contributed by atoms with Crippen LogP contribution in [0.2, 0.25) is 0 Å². The van der Waals surface area contributed by atoms with Crippen molar-refractivity contribution in [3.05, 3.63) is 35.9 Å². The predicted octanol–water partition coefficient (Wildman–Crippen LogP) is 2.30. The van der Waals surface area contributed by atoms with Crippen LogP contribution in [-0.2, 0) is 16.0 Å². The summed E-state index contributed by atoms with van der Waals surface area (Å²) in [7, 11) is 0. The van der Waals surface area contributed by atoms with Gasteiger partial charge in [-0.05, 0) is 32.8 Å². The van der Waals surface area contributed by atoms with Crippen LogP contribution in [0.1, 0.15) is 26.3 Å². The van der Waals surface area contributed by atoms with E-state index in [1.165, 1.54) is 4.90 Å². The summed E-state index contributed by atoms with van der Waals surface area (Å²) in [5.41, 5.74) is 0.384. The fraction of sp³-hybridized carbons (Fsp3) is 0.467. The molecule has 5 heteroatoms. The third kappa shape index (κ3) is 3.29. The van der Waals surface area contributed by atoms with E-state index in [2.05, 4.69) is 0 Å². The van der Waals surface area contributed by atoms with Crippen molar-refractivity contribution in [1.82, 2.24) is 4.90 Å². The average Bonchev–Trinajstić information content (AvgIpc) is 3.02. The lowest BCUT2D eigenvalue weighted by atomic mass is 10.1. The first-order valence-electron chi connectivity index (χ1n) is 6.57. The predicted molar refractivity (Wildman–Crippen MR) is 73.4 cm³/mol. The van der Waals surface area contributed by atoms with Crippen LogP contribution < -0.4 is 0 Å². The van der Waals surface area contributed by atoms with E-state index in [0.29, 0.717) is 6.42 Å². The third-order valence-corrected chi connectivity index (χ3v) is 3.08. The normalized spacial score (nSPS) is 21.4. The van der Waals surface area contributed by atoms with Crippen LogP contribution in [0, 0.1) is 0 Å². The molecule has 0 spiro atoms. The number of benzene rings is 1. The molecule has 1 aromatic carbocycles. The van der Waals surface area contributed by atoms with Crippen molar-refractivity contribution in [2.75, 3.05) is 0 Å². The van der Waals surface area contributed by atoms with Crippen molar-refractivity contribution >= 4 is 12.1 Å². The van der Waals surface area contributed by atoms with Crippen LogP contribution in [0.15, 0.2) is 30.3 Å². The lowest BCUT2D eigenvalue weighted by molar-refractivity contribution is -0.137. The zero-order valence-electron chi connectivity index (χ0n) is 11.9. The van der Waals surface area contributed by atoms with Crippen LogP contribution in [-0.4, -0.2) is 39.8 Å². The van der Waals surface area contributed by atoms with Crippen LogP contribution in [0.25, 0.3) is 0 Å². The molecule has 1 heterocycles. The lowest BCUT2D eigenvalue weighted by Gasteiger charge is -2.20. The summed E-state index contributed by atoms with van der Waals surface area (Å²) >= 11 is 0. The van der Waals surface area contributed by atoms with Gasteiger partial charge in [0.05, 0.1) is 6.04 Å². The molecule has 0 aliphatic carbocycles. The Morgan fingerprint density at radius 1 is 1.25 bits per heavy atom. The Hall–Kier alpha value is -2.04. The molecule has 0 unspecified atom stereocenters. The standard InChI is InChI=1S/C15H19NO4/c1-15(2,3)20-14(19)16-11(12(16)13(17)18)9-10-7-5-4-6-8-10/h4-8,11-12H,9H2,1-3H3,(H,17,18)/t11-,12+,16?/m0/s1. The fourth-order valence-electron chi connectivity index (χ4n) is 2.19. The van der Waals surface area contributed by atoms with E-state index in [-0.39, 0.29) is 6.04 Å². The van der Waals surface area contributed by atoms with Gasteiger partial charge in [0, 0.05) is 0 Å². The number of hydrogen-bond acceptors (Lipinski definition) is 3. The summed E-state index contributed by atoms with van der Waals surface area (Å²) < 4.78 is 5.23. The number of ether oxygens (including phenoxy) is 1. The van der Waals surface area contributed by atoms with Gasteiger partial charge in [-0.3, -0.25) is 4.90 Å². The minimum Gasteiger partial charge on any atom is -0.480 e. The molecule has 1 saturated heterocycles. The molecule has 1 fully saturated rings. The van der Waals surface area contributed by atoms with E-state index in [1.54, 1.807) is 20.8 Å². The molecule has 5 nitrogen and oxygen atoms in total. The minimum absolute atomic E-state index is 0.329. The van der Waals surface area contributed by atoms with Crippen LogP contribution in [0.4, 0.5) is 4.79 Å². The van der Waals surface area contributed by atoms with Gasteiger partial charge in [0.25, 0.3) is 0 Å². The highest BCUT2D eigenvalue weighted by atomic mass is 16.6. The second-order valence-corrected chi connectivity index (χ2v) is 5.93. The van der Waals surface area contributed by atoms with Gasteiger partial charge in [0.2, 0.25) is 0 Å². The lowest BCUT2D eigenvalue weighted by Crippen LogP contribution is -2.29. The minimum atomic E-state index is -0.989. The molecular formula is C15H19NO4. The zero-order valence-corrected chi connectivity index (χ0v) is 11.9. The van der Waals surface area contributed by atoms with Crippen LogP contribution >= 0.6 is 0 Å². The van der Waals surface area contributed by atoms with E-state index in [4.69, 9.17) is 9.84 Å². The first kappa shape index (κ1) is 14.4. The summed E-state index contributed by atoms with van der Waals surface area (Å²) in [5, 5.41) is 9.17. The molecule has 1 N–H and O–H groups in total. The van der Waals surface area contributed by atoms with Gasteiger partial charge in [-0.1, -0.05) is 30.3 Å². The monoisotopic (exact) mass is 277 g/mol. The van der Waals surface area contributed by atoms with Crippen LogP contribution in [0.5, 0.6) is 0 Å². The first-order valence-corrected chi connectivity index (χ1v) is 6.57. The maximum atomic E-state index is 12.0. The van der Waals surface area contributed by atoms with Gasteiger partial charge in [-0.2, -0.15) is 0 Å². The summed E-state index contributed by atoms with van der Waals surface area (Å²) in [4.78, 5) is 24.5. The number of carboxylic acid groups (broad SMARTS) is 1. The van der Waals surface area contributed by atoms with Crippen molar-refractivity contribution in [3.63, 3.8) is 0 Å². The zero-order chi connectivity index (χ0) is 14.9. The fourth-order valence-corrected chi connectivity index (χ4v) is 2.19. The summed E-state index contributed by atoms with van der Waals surface area (Å²) in [6.07, 6.45) is -0.0392. The molecule has 0 saturated carbocycles. The summed E-state index contributed by atoms with van der Waals surface area (Å²) in [6.45, 7) is 5.28. The number of carbonyl (C=O) groups is 2. The molecular weight excluding hydrogens is 258 g/mol. The van der Waals surface area contributed by atoms with E-state index < -0.39 is 23.7 Å². The SMILES string of the molecule is CC(C)(C)OC(=O)N1[C@@H](Cc2ccccc2)[C@@H]1C(=O)O. The van der Waals surface area contributed by atoms with Crippen molar-refractivity contribution < 1.29 is 19.4 Å². The Morgan fingerprint density at radius 2 is 1.85 bits per heavy atom. The van der Waals surface area contributed by atoms with Gasteiger partial charge in [0.1, 0.15) is 5.60 Å². The Balaban J connectivity index is 2.05. The molecule has 1 amide bonds.